The van der Waals surface area contributed by atoms with Gasteiger partial charge < -0.3 is 33.2 Å². The fourth-order valence-corrected chi connectivity index (χ4v) is 5.54. The second-order valence-corrected chi connectivity index (χ2v) is 13.4. The van der Waals surface area contributed by atoms with Crippen LogP contribution in [0.15, 0.2) is 0 Å². The van der Waals surface area contributed by atoms with Gasteiger partial charge in [-0.25, -0.2) is 0 Å². The molecule has 0 atom stereocenters. The summed E-state index contributed by atoms with van der Waals surface area (Å²) >= 11 is 0. The van der Waals surface area contributed by atoms with Crippen LogP contribution in [0.2, 0.25) is 0 Å². The maximum absolute atomic E-state index is 6.44. The van der Waals surface area contributed by atoms with Gasteiger partial charge in [0.15, 0.2) is 13.6 Å². The van der Waals surface area contributed by atoms with Crippen molar-refractivity contribution in [1.29, 1.82) is 0 Å². The summed E-state index contributed by atoms with van der Waals surface area (Å²) in [5.74, 6) is -2.18. The van der Waals surface area contributed by atoms with Gasteiger partial charge in [-0.2, -0.15) is 0 Å². The normalized spacial score (nSPS) is 12.4. The predicted molar refractivity (Wildman–Crippen MR) is 196 cm³/mol. The van der Waals surface area contributed by atoms with Crippen molar-refractivity contribution in [2.75, 3.05) is 40.0 Å². The summed E-state index contributed by atoms with van der Waals surface area (Å²) in [5, 5.41) is 0. The molecule has 0 N–H and O–H groups in total. The van der Waals surface area contributed by atoms with E-state index in [0.717, 1.165) is 77.0 Å². The monoisotopic (exact) mass is 675 g/mol. The van der Waals surface area contributed by atoms with Crippen molar-refractivity contribution < 1.29 is 33.2 Å². The molecule has 7 heteroatoms. The number of hydrogen-bond acceptors (Lipinski definition) is 7. The quantitative estimate of drug-likeness (QED) is 0.0473. The lowest BCUT2D eigenvalue weighted by Gasteiger charge is -2.35. The van der Waals surface area contributed by atoms with Crippen LogP contribution < -0.4 is 0 Å². The molecule has 0 aromatic rings. The van der Waals surface area contributed by atoms with Gasteiger partial charge in [0, 0.05) is 12.8 Å². The van der Waals surface area contributed by atoms with E-state index in [4.69, 9.17) is 33.2 Å². The number of ether oxygens (including phenoxy) is 7. The third-order valence-corrected chi connectivity index (χ3v) is 8.68. The maximum atomic E-state index is 6.44. The Morgan fingerprint density at radius 3 is 0.787 bits per heavy atom. The summed E-state index contributed by atoms with van der Waals surface area (Å²) in [6.07, 6.45) is 28.7. The molecule has 0 saturated heterocycles. The molecular weight excluding hydrogens is 592 g/mol. The molecule has 7 nitrogen and oxygen atoms in total. The average molecular weight is 675 g/mol. The van der Waals surface area contributed by atoms with Crippen LogP contribution >= 0.6 is 0 Å². The lowest BCUT2D eigenvalue weighted by Crippen LogP contribution is -2.42. The molecule has 0 heterocycles. The van der Waals surface area contributed by atoms with E-state index in [1.807, 2.05) is 0 Å². The van der Waals surface area contributed by atoms with Gasteiger partial charge in [-0.3, -0.25) is 0 Å². The molecule has 0 fully saturated rings. The van der Waals surface area contributed by atoms with Crippen molar-refractivity contribution in [3.63, 3.8) is 0 Å². The highest BCUT2D eigenvalue weighted by Gasteiger charge is 2.35. The Labute approximate surface area is 293 Å². The third-order valence-electron chi connectivity index (χ3n) is 8.68. The van der Waals surface area contributed by atoms with Crippen LogP contribution in [0.5, 0.6) is 0 Å². The van der Waals surface area contributed by atoms with E-state index in [1.54, 1.807) is 0 Å². The summed E-state index contributed by atoms with van der Waals surface area (Å²) < 4.78 is 44.5. The van der Waals surface area contributed by atoms with Gasteiger partial charge in [0.1, 0.15) is 0 Å². The zero-order valence-corrected chi connectivity index (χ0v) is 32.5. The van der Waals surface area contributed by atoms with Crippen LogP contribution in [0.3, 0.4) is 0 Å². The fraction of sp³-hybridized carbons (Fsp3) is 1.00. The maximum Gasteiger partial charge on any atom is 0.284 e. The van der Waals surface area contributed by atoms with Crippen molar-refractivity contribution in [3.8, 4) is 0 Å². The van der Waals surface area contributed by atoms with Gasteiger partial charge in [0.05, 0.1) is 26.4 Å². The van der Waals surface area contributed by atoms with Crippen LogP contribution in [0.25, 0.3) is 0 Å². The zero-order chi connectivity index (χ0) is 34.6. The summed E-state index contributed by atoms with van der Waals surface area (Å²) in [7, 11) is 0. The lowest BCUT2D eigenvalue weighted by atomic mass is 10.1. The third kappa shape index (κ3) is 28.1. The molecule has 0 radical (unpaired) electrons. The lowest BCUT2D eigenvalue weighted by molar-refractivity contribution is -0.425. The minimum Gasteiger partial charge on any atom is -0.329 e. The Kier molecular flexibility index (Phi) is 35.3. The van der Waals surface area contributed by atoms with E-state index in [-0.39, 0.29) is 13.6 Å². The molecule has 0 amide bonds. The fourth-order valence-electron chi connectivity index (χ4n) is 5.54. The molecule has 0 bridgehead atoms. The molecule has 0 rings (SSSR count). The van der Waals surface area contributed by atoms with E-state index >= 15 is 0 Å². The van der Waals surface area contributed by atoms with E-state index in [1.165, 1.54) is 77.0 Å². The van der Waals surface area contributed by atoms with Crippen LogP contribution in [0.4, 0.5) is 0 Å². The van der Waals surface area contributed by atoms with Crippen LogP contribution in [0.1, 0.15) is 208 Å². The van der Waals surface area contributed by atoms with E-state index in [0.29, 0.717) is 39.3 Å². The van der Waals surface area contributed by atoms with Gasteiger partial charge in [-0.05, 0) is 38.5 Å². The minimum absolute atomic E-state index is 0.0244. The molecule has 0 spiro atoms. The standard InChI is InChI=1S/C40H82O7/c1-7-13-19-25-31-39(42-33-27-21-15-9-3,43-34-28-22-16-10-4)46-37-41-38-47-40(32-26-20-14-8-2,44-35-29-23-17-11-5)45-36-30-24-18-12-6/h7-38H2,1-6H3. The van der Waals surface area contributed by atoms with Crippen LogP contribution in [-0.4, -0.2) is 52.0 Å². The smallest absolute Gasteiger partial charge is 0.284 e. The predicted octanol–water partition coefficient (Wildman–Crippen LogP) is 12.6. The van der Waals surface area contributed by atoms with Gasteiger partial charge >= 0.3 is 0 Å². The van der Waals surface area contributed by atoms with Crippen molar-refractivity contribution in [1.82, 2.24) is 0 Å². The first kappa shape index (κ1) is 46.7. The highest BCUT2D eigenvalue weighted by atomic mass is 16.9. The Hall–Kier alpha value is -0.280. The number of unbranched alkanes of at least 4 members (excludes halogenated alkanes) is 18. The molecule has 0 aromatic heterocycles. The second kappa shape index (κ2) is 35.5. The Balaban J connectivity index is 5.50. The first-order valence-electron chi connectivity index (χ1n) is 20.5. The van der Waals surface area contributed by atoms with Gasteiger partial charge in [-0.1, -0.05) is 157 Å². The molecule has 0 unspecified atom stereocenters. The largest absolute Gasteiger partial charge is 0.329 e. The van der Waals surface area contributed by atoms with Crippen molar-refractivity contribution in [2.45, 2.75) is 220 Å². The molecule has 0 aliphatic rings. The highest BCUT2D eigenvalue weighted by Crippen LogP contribution is 2.28. The van der Waals surface area contributed by atoms with E-state index in [9.17, 15) is 0 Å². The SMILES string of the molecule is CCCCCCOC(CCCCCC)(OCCCCCC)OCOCOC(CCCCCC)(OCCCCCC)OCCCCCC. The average Bonchev–Trinajstić information content (AvgIpc) is 3.08. The first-order chi connectivity index (χ1) is 23.1. The highest BCUT2D eigenvalue weighted by molar-refractivity contribution is 4.62. The van der Waals surface area contributed by atoms with Crippen LogP contribution in [0, 0.1) is 0 Å². The molecule has 0 aromatic carbocycles. The van der Waals surface area contributed by atoms with Crippen molar-refractivity contribution in [2.24, 2.45) is 0 Å². The summed E-state index contributed by atoms with van der Waals surface area (Å²) in [4.78, 5) is 0. The van der Waals surface area contributed by atoms with E-state index < -0.39 is 11.9 Å². The molecule has 284 valence electrons. The Morgan fingerprint density at radius 2 is 0.532 bits per heavy atom. The summed E-state index contributed by atoms with van der Waals surface area (Å²) in [6, 6.07) is 0. The molecule has 0 aliphatic carbocycles. The Bertz CT molecular complexity index is 525. The summed E-state index contributed by atoms with van der Waals surface area (Å²) in [6.45, 7) is 15.9. The first-order valence-corrected chi connectivity index (χ1v) is 20.5. The second-order valence-electron chi connectivity index (χ2n) is 13.4. The van der Waals surface area contributed by atoms with E-state index in [2.05, 4.69) is 41.5 Å². The minimum atomic E-state index is -1.09. The number of hydrogen-bond donors (Lipinski definition) is 0. The molecule has 47 heavy (non-hydrogen) atoms. The van der Waals surface area contributed by atoms with Crippen molar-refractivity contribution in [3.05, 3.63) is 0 Å². The van der Waals surface area contributed by atoms with Gasteiger partial charge in [-0.15, -0.1) is 0 Å². The Morgan fingerprint density at radius 1 is 0.277 bits per heavy atom. The zero-order valence-electron chi connectivity index (χ0n) is 32.5. The van der Waals surface area contributed by atoms with Gasteiger partial charge in [0.25, 0.3) is 11.9 Å². The number of rotatable bonds is 40. The molecule has 0 saturated carbocycles. The topological polar surface area (TPSA) is 64.6 Å². The molecular formula is C40H82O7. The van der Waals surface area contributed by atoms with Crippen molar-refractivity contribution >= 4 is 0 Å². The molecule has 0 aliphatic heterocycles. The van der Waals surface area contributed by atoms with Gasteiger partial charge in [0.2, 0.25) is 0 Å². The van der Waals surface area contributed by atoms with Crippen LogP contribution in [-0.2, 0) is 33.2 Å². The summed E-state index contributed by atoms with van der Waals surface area (Å²) in [5.41, 5.74) is 0.